The van der Waals surface area contributed by atoms with Crippen LogP contribution < -0.4 is 10.5 Å². The molecule has 94 valence electrons. The largest absolute Gasteiger partial charge is 0.497 e. The van der Waals surface area contributed by atoms with Crippen LogP contribution in [0.2, 0.25) is 0 Å². The molecule has 2 aromatic carbocycles. The molecule has 0 fully saturated rings. The van der Waals surface area contributed by atoms with Crippen molar-refractivity contribution in [3.63, 3.8) is 0 Å². The van der Waals surface area contributed by atoms with Crippen molar-refractivity contribution in [1.29, 1.82) is 0 Å². The lowest BCUT2D eigenvalue weighted by atomic mass is 10.2. The van der Waals surface area contributed by atoms with Gasteiger partial charge in [-0.2, -0.15) is 0 Å². The first kappa shape index (κ1) is 13.3. The minimum absolute atomic E-state index is 0.803. The number of halogens is 1. The van der Waals surface area contributed by atoms with E-state index in [9.17, 15) is 0 Å². The fourth-order valence-electron chi connectivity index (χ4n) is 1.57. The second-order valence-electron chi connectivity index (χ2n) is 3.82. The summed E-state index contributed by atoms with van der Waals surface area (Å²) in [4.78, 5) is 1.10. The zero-order chi connectivity index (χ0) is 13.0. The summed E-state index contributed by atoms with van der Waals surface area (Å²) in [6.07, 6.45) is 0. The molecule has 0 heterocycles. The first-order chi connectivity index (χ1) is 8.69. The van der Waals surface area contributed by atoms with E-state index in [4.69, 9.17) is 10.5 Å². The van der Waals surface area contributed by atoms with Crippen LogP contribution in [0.15, 0.2) is 51.8 Å². The first-order valence-electron chi connectivity index (χ1n) is 5.50. The van der Waals surface area contributed by atoms with Gasteiger partial charge in [-0.25, -0.2) is 0 Å². The molecule has 2 N–H and O–H groups in total. The van der Waals surface area contributed by atoms with Gasteiger partial charge >= 0.3 is 0 Å². The molecule has 0 aromatic heterocycles. The van der Waals surface area contributed by atoms with E-state index in [2.05, 4.69) is 22.0 Å². The molecule has 0 saturated heterocycles. The molecule has 0 saturated carbocycles. The lowest BCUT2D eigenvalue weighted by molar-refractivity contribution is 0.414. The summed E-state index contributed by atoms with van der Waals surface area (Å²) in [7, 11) is 1.68. The molecule has 0 aliphatic rings. The van der Waals surface area contributed by atoms with Crippen LogP contribution in [0.3, 0.4) is 0 Å². The highest BCUT2D eigenvalue weighted by atomic mass is 79.9. The SMILES string of the molecule is COc1cccc(CSc2ccc(Br)cc2N)c1. The van der Waals surface area contributed by atoms with Crippen molar-refractivity contribution in [2.75, 3.05) is 12.8 Å². The number of methoxy groups -OCH3 is 1. The predicted molar refractivity (Wildman–Crippen MR) is 81.1 cm³/mol. The molecule has 2 rings (SSSR count). The van der Waals surface area contributed by atoms with Gasteiger partial charge in [0.1, 0.15) is 5.75 Å². The van der Waals surface area contributed by atoms with Crippen molar-refractivity contribution in [2.24, 2.45) is 0 Å². The number of benzene rings is 2. The van der Waals surface area contributed by atoms with Crippen LogP contribution in [0, 0.1) is 0 Å². The second-order valence-corrected chi connectivity index (χ2v) is 5.76. The monoisotopic (exact) mass is 323 g/mol. The Balaban J connectivity index is 2.06. The Hall–Kier alpha value is -1.13. The van der Waals surface area contributed by atoms with Gasteiger partial charge in [-0.05, 0) is 35.9 Å². The second kappa shape index (κ2) is 6.16. The Morgan fingerprint density at radius 2 is 2.06 bits per heavy atom. The van der Waals surface area contributed by atoms with Gasteiger partial charge in [-0.1, -0.05) is 28.1 Å². The van der Waals surface area contributed by atoms with E-state index in [0.29, 0.717) is 0 Å². The Morgan fingerprint density at radius 1 is 1.22 bits per heavy atom. The summed E-state index contributed by atoms with van der Waals surface area (Å²) >= 11 is 5.13. The molecule has 18 heavy (non-hydrogen) atoms. The van der Waals surface area contributed by atoms with E-state index in [-0.39, 0.29) is 0 Å². The highest BCUT2D eigenvalue weighted by Crippen LogP contribution is 2.30. The summed E-state index contributed by atoms with van der Waals surface area (Å²) in [5.41, 5.74) is 7.99. The quantitative estimate of drug-likeness (QED) is 0.671. The standard InChI is InChI=1S/C14H14BrNOS/c1-17-12-4-2-3-10(7-12)9-18-14-6-5-11(15)8-13(14)16/h2-8H,9,16H2,1H3. The zero-order valence-electron chi connectivity index (χ0n) is 10.0. The van der Waals surface area contributed by atoms with Crippen molar-refractivity contribution < 1.29 is 4.74 Å². The van der Waals surface area contributed by atoms with Crippen molar-refractivity contribution in [3.8, 4) is 5.75 Å². The van der Waals surface area contributed by atoms with E-state index < -0.39 is 0 Å². The number of hydrogen-bond donors (Lipinski definition) is 1. The van der Waals surface area contributed by atoms with E-state index in [1.165, 1.54) is 5.56 Å². The lowest BCUT2D eigenvalue weighted by Gasteiger charge is -2.07. The maximum atomic E-state index is 5.97. The fraction of sp³-hybridized carbons (Fsp3) is 0.143. The topological polar surface area (TPSA) is 35.2 Å². The van der Waals surface area contributed by atoms with Gasteiger partial charge in [0.15, 0.2) is 0 Å². The third kappa shape index (κ3) is 3.43. The van der Waals surface area contributed by atoms with Crippen LogP contribution in [-0.2, 0) is 5.75 Å². The van der Waals surface area contributed by atoms with Crippen LogP contribution >= 0.6 is 27.7 Å². The highest BCUT2D eigenvalue weighted by molar-refractivity contribution is 9.10. The van der Waals surface area contributed by atoms with Crippen LogP contribution in [0.5, 0.6) is 5.75 Å². The van der Waals surface area contributed by atoms with Gasteiger partial charge in [0, 0.05) is 20.8 Å². The summed E-state index contributed by atoms with van der Waals surface area (Å²) in [6.45, 7) is 0. The predicted octanol–water partition coefficient (Wildman–Crippen LogP) is 4.33. The lowest BCUT2D eigenvalue weighted by Crippen LogP contribution is -1.89. The molecule has 0 atom stereocenters. The number of thioether (sulfide) groups is 1. The highest BCUT2D eigenvalue weighted by Gasteiger charge is 2.02. The first-order valence-corrected chi connectivity index (χ1v) is 7.27. The summed E-state index contributed by atoms with van der Waals surface area (Å²) in [5, 5.41) is 0. The van der Waals surface area contributed by atoms with Crippen LogP contribution in [0.4, 0.5) is 5.69 Å². The fourth-order valence-corrected chi connectivity index (χ4v) is 2.84. The molecular weight excluding hydrogens is 310 g/mol. The third-order valence-electron chi connectivity index (χ3n) is 2.50. The van der Waals surface area contributed by atoms with Crippen LogP contribution in [0.1, 0.15) is 5.56 Å². The van der Waals surface area contributed by atoms with Gasteiger partial charge in [-0.3, -0.25) is 0 Å². The van der Waals surface area contributed by atoms with Crippen LogP contribution in [-0.4, -0.2) is 7.11 Å². The molecule has 0 spiro atoms. The van der Waals surface area contributed by atoms with Crippen molar-refractivity contribution >= 4 is 33.4 Å². The molecule has 0 radical (unpaired) electrons. The minimum atomic E-state index is 0.803. The smallest absolute Gasteiger partial charge is 0.119 e. The minimum Gasteiger partial charge on any atom is -0.497 e. The molecule has 0 unspecified atom stereocenters. The maximum absolute atomic E-state index is 5.97. The van der Waals surface area contributed by atoms with Gasteiger partial charge in [0.25, 0.3) is 0 Å². The van der Waals surface area contributed by atoms with E-state index in [1.54, 1.807) is 18.9 Å². The molecule has 2 nitrogen and oxygen atoms in total. The van der Waals surface area contributed by atoms with Gasteiger partial charge in [0.05, 0.1) is 7.11 Å². The van der Waals surface area contributed by atoms with Gasteiger partial charge in [0.2, 0.25) is 0 Å². The number of anilines is 1. The van der Waals surface area contributed by atoms with E-state index in [1.807, 2.05) is 36.4 Å². The molecule has 0 bridgehead atoms. The number of ether oxygens (including phenoxy) is 1. The van der Waals surface area contributed by atoms with Crippen molar-refractivity contribution in [2.45, 2.75) is 10.6 Å². The summed E-state index contributed by atoms with van der Waals surface area (Å²) < 4.78 is 6.21. The molecular formula is C14H14BrNOS. The maximum Gasteiger partial charge on any atom is 0.119 e. The van der Waals surface area contributed by atoms with Crippen molar-refractivity contribution in [3.05, 3.63) is 52.5 Å². The Labute approximate surface area is 120 Å². The van der Waals surface area contributed by atoms with E-state index in [0.717, 1.165) is 26.6 Å². The number of nitrogen functional groups attached to an aromatic ring is 1. The molecule has 4 heteroatoms. The number of rotatable bonds is 4. The molecule has 0 amide bonds. The average molecular weight is 324 g/mol. The van der Waals surface area contributed by atoms with Crippen LogP contribution in [0.25, 0.3) is 0 Å². The zero-order valence-corrected chi connectivity index (χ0v) is 12.4. The molecule has 0 aliphatic carbocycles. The summed E-state index contributed by atoms with van der Waals surface area (Å²) in [6, 6.07) is 14.0. The number of hydrogen-bond acceptors (Lipinski definition) is 3. The van der Waals surface area contributed by atoms with Crippen molar-refractivity contribution in [1.82, 2.24) is 0 Å². The van der Waals surface area contributed by atoms with Gasteiger partial charge < -0.3 is 10.5 Å². The molecule has 2 aromatic rings. The third-order valence-corrected chi connectivity index (χ3v) is 4.15. The molecule has 0 aliphatic heterocycles. The van der Waals surface area contributed by atoms with Gasteiger partial charge in [-0.15, -0.1) is 11.8 Å². The Bertz CT molecular complexity index is 545. The van der Waals surface area contributed by atoms with E-state index >= 15 is 0 Å². The normalized spacial score (nSPS) is 10.3. The summed E-state index contributed by atoms with van der Waals surface area (Å²) in [5.74, 6) is 1.76. The number of nitrogens with two attached hydrogens (primary N) is 1. The Morgan fingerprint density at radius 3 is 2.78 bits per heavy atom. The Kier molecular flexibility index (Phi) is 4.55. The average Bonchev–Trinajstić information content (AvgIpc) is 2.38.